The van der Waals surface area contributed by atoms with Crippen LogP contribution in [0.2, 0.25) is 0 Å². The molecule has 1 aliphatic carbocycles. The standard InChI is InChI=1S/C20H27N3OS/c1-14-21-18(11-20(24)22-14)16-7-4-10-23(12-16)13-17-8-9-19(25-17)15-5-2-3-6-15/h8-9,11,15-16H,2-7,10,12-13H2,1H3,(H,21,22,24). The van der Waals surface area contributed by atoms with Gasteiger partial charge in [-0.3, -0.25) is 9.69 Å². The second-order valence-electron chi connectivity index (χ2n) is 7.62. The Kier molecular flexibility index (Phi) is 5.04. The number of hydrogen-bond donors (Lipinski definition) is 1. The first-order valence-corrected chi connectivity index (χ1v) is 10.4. The van der Waals surface area contributed by atoms with Crippen molar-refractivity contribution < 1.29 is 0 Å². The fourth-order valence-electron chi connectivity index (χ4n) is 4.38. The van der Waals surface area contributed by atoms with Crippen LogP contribution < -0.4 is 5.56 Å². The molecule has 0 aromatic carbocycles. The molecular formula is C20H27N3OS. The van der Waals surface area contributed by atoms with Crippen molar-refractivity contribution in [1.82, 2.24) is 14.9 Å². The summed E-state index contributed by atoms with van der Waals surface area (Å²) in [6.07, 6.45) is 7.85. The van der Waals surface area contributed by atoms with Gasteiger partial charge in [-0.15, -0.1) is 11.3 Å². The predicted octanol–water partition coefficient (Wildman–Crippen LogP) is 4.18. The quantitative estimate of drug-likeness (QED) is 0.893. The zero-order chi connectivity index (χ0) is 17.2. The topological polar surface area (TPSA) is 49.0 Å². The molecule has 2 aliphatic rings. The highest BCUT2D eigenvalue weighted by Crippen LogP contribution is 2.38. The highest BCUT2D eigenvalue weighted by molar-refractivity contribution is 7.12. The van der Waals surface area contributed by atoms with Crippen molar-refractivity contribution in [3.8, 4) is 0 Å². The number of hydrogen-bond acceptors (Lipinski definition) is 4. The van der Waals surface area contributed by atoms with Gasteiger partial charge in [0.05, 0.1) is 5.69 Å². The zero-order valence-corrected chi connectivity index (χ0v) is 15.8. The summed E-state index contributed by atoms with van der Waals surface area (Å²) in [6.45, 7) is 5.06. The maximum atomic E-state index is 11.7. The Hall–Kier alpha value is -1.46. The number of rotatable bonds is 4. The molecule has 1 saturated carbocycles. The number of nitrogens with zero attached hydrogens (tertiary/aromatic N) is 2. The minimum atomic E-state index is -0.0286. The molecule has 4 nitrogen and oxygen atoms in total. The number of H-pyrrole nitrogens is 1. The van der Waals surface area contributed by atoms with Gasteiger partial charge in [-0.1, -0.05) is 12.8 Å². The number of piperidine rings is 1. The van der Waals surface area contributed by atoms with Crippen molar-refractivity contribution in [2.45, 2.75) is 63.8 Å². The van der Waals surface area contributed by atoms with Crippen molar-refractivity contribution in [1.29, 1.82) is 0 Å². The fraction of sp³-hybridized carbons (Fsp3) is 0.600. The van der Waals surface area contributed by atoms with Crippen LogP contribution in [-0.2, 0) is 6.54 Å². The maximum absolute atomic E-state index is 11.7. The molecule has 2 fully saturated rings. The van der Waals surface area contributed by atoms with Crippen molar-refractivity contribution in [2.24, 2.45) is 0 Å². The van der Waals surface area contributed by atoms with Gasteiger partial charge in [0.15, 0.2) is 0 Å². The molecular weight excluding hydrogens is 330 g/mol. The van der Waals surface area contributed by atoms with Gasteiger partial charge in [0.25, 0.3) is 5.56 Å². The molecule has 0 amide bonds. The Morgan fingerprint density at radius 1 is 1.20 bits per heavy atom. The van der Waals surface area contributed by atoms with E-state index in [1.54, 1.807) is 10.9 Å². The van der Waals surface area contributed by atoms with E-state index in [0.717, 1.165) is 43.5 Å². The third-order valence-electron chi connectivity index (χ3n) is 5.62. The first-order chi connectivity index (χ1) is 12.2. The van der Waals surface area contributed by atoms with Crippen LogP contribution in [0.3, 0.4) is 0 Å². The number of aromatic nitrogens is 2. The Morgan fingerprint density at radius 3 is 2.80 bits per heavy atom. The Bertz CT molecular complexity index is 775. The summed E-state index contributed by atoms with van der Waals surface area (Å²) in [5.74, 6) is 1.92. The third-order valence-corrected chi connectivity index (χ3v) is 6.86. The summed E-state index contributed by atoms with van der Waals surface area (Å²) in [5.41, 5.74) is 0.933. The summed E-state index contributed by atoms with van der Waals surface area (Å²) < 4.78 is 0. The number of likely N-dealkylation sites (tertiary alicyclic amines) is 1. The van der Waals surface area contributed by atoms with Crippen LogP contribution in [0.25, 0.3) is 0 Å². The smallest absolute Gasteiger partial charge is 0.251 e. The molecule has 0 bridgehead atoms. The number of thiophene rings is 1. The van der Waals surface area contributed by atoms with Gasteiger partial charge in [-0.25, -0.2) is 4.98 Å². The summed E-state index contributed by atoms with van der Waals surface area (Å²) >= 11 is 2.01. The molecule has 0 radical (unpaired) electrons. The lowest BCUT2D eigenvalue weighted by Crippen LogP contribution is -2.34. The molecule has 2 aromatic rings. The molecule has 1 saturated heterocycles. The Labute approximate surface area is 153 Å². The third kappa shape index (κ3) is 4.04. The minimum absolute atomic E-state index is 0.0286. The number of aromatic amines is 1. The maximum Gasteiger partial charge on any atom is 0.251 e. The van der Waals surface area contributed by atoms with Crippen LogP contribution >= 0.6 is 11.3 Å². The lowest BCUT2D eigenvalue weighted by molar-refractivity contribution is 0.200. The van der Waals surface area contributed by atoms with E-state index >= 15 is 0 Å². The van der Waals surface area contributed by atoms with E-state index in [2.05, 4.69) is 27.0 Å². The molecule has 3 heterocycles. The van der Waals surface area contributed by atoms with Crippen LogP contribution in [0.5, 0.6) is 0 Å². The number of nitrogens with one attached hydrogen (secondary N) is 1. The van der Waals surface area contributed by atoms with E-state index in [1.165, 1.54) is 37.0 Å². The van der Waals surface area contributed by atoms with E-state index in [1.807, 2.05) is 18.3 Å². The highest BCUT2D eigenvalue weighted by atomic mass is 32.1. The Balaban J connectivity index is 1.42. The second kappa shape index (κ2) is 7.42. The van der Waals surface area contributed by atoms with E-state index in [-0.39, 0.29) is 5.56 Å². The van der Waals surface area contributed by atoms with Gasteiger partial charge in [0.1, 0.15) is 5.82 Å². The molecule has 1 atom stereocenters. The van der Waals surface area contributed by atoms with Crippen LogP contribution in [0.15, 0.2) is 23.0 Å². The highest BCUT2D eigenvalue weighted by Gasteiger charge is 2.24. The molecule has 0 spiro atoms. The van der Waals surface area contributed by atoms with Crippen molar-refractivity contribution in [3.63, 3.8) is 0 Å². The van der Waals surface area contributed by atoms with Gasteiger partial charge in [-0.05, 0) is 57.2 Å². The van der Waals surface area contributed by atoms with Crippen molar-refractivity contribution in [3.05, 3.63) is 49.8 Å². The summed E-state index contributed by atoms with van der Waals surface area (Å²) in [7, 11) is 0. The average Bonchev–Trinajstić information content (AvgIpc) is 3.25. The fourth-order valence-corrected chi connectivity index (χ4v) is 5.61. The van der Waals surface area contributed by atoms with Gasteiger partial charge in [-0.2, -0.15) is 0 Å². The summed E-state index contributed by atoms with van der Waals surface area (Å²) in [4.78, 5) is 24.7. The van der Waals surface area contributed by atoms with E-state index in [4.69, 9.17) is 0 Å². The predicted molar refractivity (Wildman–Crippen MR) is 102 cm³/mol. The molecule has 4 rings (SSSR count). The van der Waals surface area contributed by atoms with Gasteiger partial charge < -0.3 is 4.98 Å². The monoisotopic (exact) mass is 357 g/mol. The van der Waals surface area contributed by atoms with Crippen molar-refractivity contribution in [2.75, 3.05) is 13.1 Å². The van der Waals surface area contributed by atoms with Gasteiger partial charge in [0, 0.05) is 34.8 Å². The second-order valence-corrected chi connectivity index (χ2v) is 8.82. The Morgan fingerprint density at radius 2 is 2.00 bits per heavy atom. The van der Waals surface area contributed by atoms with Crippen LogP contribution in [0, 0.1) is 6.92 Å². The molecule has 5 heteroatoms. The van der Waals surface area contributed by atoms with E-state index < -0.39 is 0 Å². The zero-order valence-electron chi connectivity index (χ0n) is 15.0. The van der Waals surface area contributed by atoms with Crippen LogP contribution in [0.1, 0.15) is 71.6 Å². The van der Waals surface area contributed by atoms with Crippen LogP contribution in [-0.4, -0.2) is 28.0 Å². The van der Waals surface area contributed by atoms with Gasteiger partial charge >= 0.3 is 0 Å². The largest absolute Gasteiger partial charge is 0.311 e. The van der Waals surface area contributed by atoms with Crippen molar-refractivity contribution >= 4 is 11.3 Å². The summed E-state index contributed by atoms with van der Waals surface area (Å²) in [5, 5.41) is 0. The SMILES string of the molecule is Cc1nc(C2CCCN(Cc3ccc(C4CCCC4)s3)C2)cc(=O)[nH]1. The first kappa shape index (κ1) is 17.0. The van der Waals surface area contributed by atoms with Crippen LogP contribution in [0.4, 0.5) is 0 Å². The molecule has 1 unspecified atom stereocenters. The molecule has 2 aromatic heterocycles. The van der Waals surface area contributed by atoms with E-state index in [0.29, 0.717) is 5.92 Å². The lowest BCUT2D eigenvalue weighted by atomic mass is 9.94. The average molecular weight is 358 g/mol. The van der Waals surface area contributed by atoms with E-state index in [9.17, 15) is 4.79 Å². The molecule has 1 aliphatic heterocycles. The van der Waals surface area contributed by atoms with Gasteiger partial charge in [0.2, 0.25) is 0 Å². The minimum Gasteiger partial charge on any atom is -0.311 e. The lowest BCUT2D eigenvalue weighted by Gasteiger charge is -2.32. The molecule has 25 heavy (non-hydrogen) atoms. The molecule has 1 N–H and O–H groups in total. The normalized spacial score (nSPS) is 22.5. The summed E-state index contributed by atoms with van der Waals surface area (Å²) in [6, 6.07) is 6.38. The molecule has 134 valence electrons. The first-order valence-electron chi connectivity index (χ1n) is 9.56. The number of aryl methyl sites for hydroxylation is 1.